The molecule has 0 radical (unpaired) electrons. The third-order valence-electron chi connectivity index (χ3n) is 5.86. The molecule has 0 aliphatic carbocycles. The Morgan fingerprint density at radius 2 is 2.03 bits per heavy atom. The molecule has 5 rings (SSSR count). The van der Waals surface area contributed by atoms with Gasteiger partial charge in [-0.25, -0.2) is 18.0 Å². The molecule has 1 aliphatic heterocycles. The van der Waals surface area contributed by atoms with Crippen LogP contribution in [0.5, 0.6) is 5.88 Å². The standard InChI is InChI=1S/C21H24F2N8O/c1-29-8-5-14(6-9-29)24-21-25-20(32-2)19-15(7-10-30(19)27-21)13-3-4-16-17(11-13)31(28-26-16)12-18(22)23/h3-4,7,10-11,14,18H,5-6,8-9,12H2,1-2H3,(H,24,27). The zero-order chi connectivity index (χ0) is 22.2. The summed E-state index contributed by atoms with van der Waals surface area (Å²) in [7, 11) is 3.69. The minimum absolute atomic E-state index is 0.313. The first kappa shape index (κ1) is 20.6. The maximum absolute atomic E-state index is 12.9. The van der Waals surface area contributed by atoms with Gasteiger partial charge in [0.05, 0.1) is 12.6 Å². The van der Waals surface area contributed by atoms with E-state index in [1.54, 1.807) is 23.8 Å². The maximum Gasteiger partial charge on any atom is 0.258 e. The molecule has 11 heteroatoms. The highest BCUT2D eigenvalue weighted by Gasteiger charge is 2.20. The average molecular weight is 442 g/mol. The largest absolute Gasteiger partial charge is 0.479 e. The van der Waals surface area contributed by atoms with Gasteiger partial charge in [-0.05, 0) is 56.7 Å². The normalized spacial score (nSPS) is 15.8. The first-order valence-electron chi connectivity index (χ1n) is 10.5. The third-order valence-corrected chi connectivity index (χ3v) is 5.86. The van der Waals surface area contributed by atoms with Crippen molar-refractivity contribution in [1.29, 1.82) is 0 Å². The van der Waals surface area contributed by atoms with Gasteiger partial charge in [-0.3, -0.25) is 0 Å². The van der Waals surface area contributed by atoms with E-state index >= 15 is 0 Å². The fourth-order valence-corrected chi connectivity index (χ4v) is 4.16. The highest BCUT2D eigenvalue weighted by atomic mass is 19.3. The van der Waals surface area contributed by atoms with Gasteiger partial charge in [0.15, 0.2) is 0 Å². The van der Waals surface area contributed by atoms with Crippen LogP contribution in [0.15, 0.2) is 30.5 Å². The van der Waals surface area contributed by atoms with E-state index in [4.69, 9.17) is 4.74 Å². The Labute approximate surface area is 183 Å². The van der Waals surface area contributed by atoms with Crippen LogP contribution in [-0.2, 0) is 6.54 Å². The molecular formula is C21H24F2N8O. The summed E-state index contributed by atoms with van der Waals surface area (Å²) < 4.78 is 34.3. The van der Waals surface area contributed by atoms with Gasteiger partial charge in [0.1, 0.15) is 17.6 Å². The number of nitrogens with zero attached hydrogens (tertiary/aromatic N) is 7. The SMILES string of the molecule is COc1nc(NC2CCN(C)CC2)nn2ccc(-c3ccc4nnn(CC(F)F)c4c3)c12. The number of ether oxygens (including phenoxy) is 1. The van der Waals surface area contributed by atoms with E-state index in [0.29, 0.717) is 34.4 Å². The van der Waals surface area contributed by atoms with E-state index in [0.717, 1.165) is 37.1 Å². The van der Waals surface area contributed by atoms with Crippen molar-refractivity contribution in [1.82, 2.24) is 34.5 Å². The molecule has 0 unspecified atom stereocenters. The van der Waals surface area contributed by atoms with E-state index in [2.05, 4.69) is 37.7 Å². The fraction of sp³-hybridized carbons (Fsp3) is 0.429. The Kier molecular flexibility index (Phi) is 5.33. The molecule has 1 saturated heterocycles. The summed E-state index contributed by atoms with van der Waals surface area (Å²) in [6.07, 6.45) is 1.38. The average Bonchev–Trinajstić information content (AvgIpc) is 3.38. The quantitative estimate of drug-likeness (QED) is 0.491. The van der Waals surface area contributed by atoms with E-state index < -0.39 is 13.0 Å². The number of benzene rings is 1. The highest BCUT2D eigenvalue weighted by Crippen LogP contribution is 2.33. The van der Waals surface area contributed by atoms with Gasteiger partial charge in [0, 0.05) is 17.8 Å². The molecule has 0 spiro atoms. The van der Waals surface area contributed by atoms with Crippen LogP contribution in [0.1, 0.15) is 12.8 Å². The van der Waals surface area contributed by atoms with Gasteiger partial charge in [0.25, 0.3) is 6.43 Å². The van der Waals surface area contributed by atoms with E-state index in [1.165, 1.54) is 4.68 Å². The predicted molar refractivity (Wildman–Crippen MR) is 116 cm³/mol. The number of piperidine rings is 1. The number of hydrogen-bond donors (Lipinski definition) is 1. The number of nitrogens with one attached hydrogen (secondary N) is 1. The molecule has 4 aromatic rings. The molecule has 4 heterocycles. The third kappa shape index (κ3) is 3.83. The summed E-state index contributed by atoms with van der Waals surface area (Å²) in [5.74, 6) is 0.954. The number of methoxy groups -OCH3 is 1. The van der Waals surface area contributed by atoms with Crippen molar-refractivity contribution in [2.24, 2.45) is 0 Å². The number of alkyl halides is 2. The second-order valence-electron chi connectivity index (χ2n) is 8.06. The Balaban J connectivity index is 1.51. The van der Waals surface area contributed by atoms with Crippen molar-refractivity contribution in [3.05, 3.63) is 30.5 Å². The first-order valence-corrected chi connectivity index (χ1v) is 10.5. The van der Waals surface area contributed by atoms with Crippen LogP contribution in [0.3, 0.4) is 0 Å². The molecule has 0 saturated carbocycles. The monoisotopic (exact) mass is 442 g/mol. The number of rotatable bonds is 6. The van der Waals surface area contributed by atoms with Crippen LogP contribution in [0.2, 0.25) is 0 Å². The number of aromatic nitrogens is 6. The lowest BCUT2D eigenvalue weighted by Crippen LogP contribution is -2.37. The van der Waals surface area contributed by atoms with Crippen molar-refractivity contribution in [3.63, 3.8) is 0 Å². The van der Waals surface area contributed by atoms with Crippen LogP contribution in [0, 0.1) is 0 Å². The summed E-state index contributed by atoms with van der Waals surface area (Å²) in [5, 5.41) is 15.9. The molecule has 1 aromatic carbocycles. The van der Waals surface area contributed by atoms with Crippen LogP contribution in [-0.4, -0.2) is 74.2 Å². The molecule has 1 aliphatic rings. The van der Waals surface area contributed by atoms with Crippen molar-refractivity contribution >= 4 is 22.5 Å². The summed E-state index contributed by atoms with van der Waals surface area (Å²) in [6.45, 7) is 1.56. The second-order valence-corrected chi connectivity index (χ2v) is 8.06. The lowest BCUT2D eigenvalue weighted by atomic mass is 10.1. The van der Waals surface area contributed by atoms with Gasteiger partial charge in [-0.15, -0.1) is 10.2 Å². The molecule has 32 heavy (non-hydrogen) atoms. The van der Waals surface area contributed by atoms with Gasteiger partial charge < -0.3 is 15.0 Å². The van der Waals surface area contributed by atoms with Gasteiger partial charge in [-0.2, -0.15) is 4.98 Å². The van der Waals surface area contributed by atoms with Crippen molar-refractivity contribution in [2.45, 2.75) is 31.9 Å². The number of likely N-dealkylation sites (tertiary alicyclic amines) is 1. The lowest BCUT2D eigenvalue weighted by Gasteiger charge is -2.29. The minimum atomic E-state index is -2.51. The second kappa shape index (κ2) is 8.30. The zero-order valence-corrected chi connectivity index (χ0v) is 17.9. The Hall–Kier alpha value is -3.34. The molecule has 168 valence electrons. The molecule has 9 nitrogen and oxygen atoms in total. The number of hydrogen-bond acceptors (Lipinski definition) is 7. The molecule has 0 amide bonds. The Morgan fingerprint density at radius 1 is 1.22 bits per heavy atom. The smallest absolute Gasteiger partial charge is 0.258 e. The van der Waals surface area contributed by atoms with E-state index in [9.17, 15) is 8.78 Å². The molecule has 0 atom stereocenters. The summed E-state index contributed by atoms with van der Waals surface area (Å²) >= 11 is 0. The fourth-order valence-electron chi connectivity index (χ4n) is 4.16. The Bertz CT molecular complexity index is 1250. The molecule has 3 aromatic heterocycles. The number of fused-ring (bicyclic) bond motifs is 2. The molecule has 1 fully saturated rings. The summed E-state index contributed by atoms with van der Waals surface area (Å²) in [4.78, 5) is 6.90. The Morgan fingerprint density at radius 3 is 2.78 bits per heavy atom. The van der Waals surface area contributed by atoms with Gasteiger partial charge in [-0.1, -0.05) is 11.3 Å². The number of anilines is 1. The molecule has 1 N–H and O–H groups in total. The molecular weight excluding hydrogens is 418 g/mol. The van der Waals surface area contributed by atoms with Crippen LogP contribution >= 0.6 is 0 Å². The van der Waals surface area contributed by atoms with Crippen LogP contribution < -0.4 is 10.1 Å². The first-order chi connectivity index (χ1) is 15.5. The summed E-state index contributed by atoms with van der Waals surface area (Å²) in [5.41, 5.74) is 3.46. The zero-order valence-electron chi connectivity index (χ0n) is 17.9. The minimum Gasteiger partial charge on any atom is -0.479 e. The van der Waals surface area contributed by atoms with Crippen molar-refractivity contribution in [2.75, 3.05) is 32.6 Å². The predicted octanol–water partition coefficient (Wildman–Crippen LogP) is 2.92. The highest BCUT2D eigenvalue weighted by molar-refractivity contribution is 5.89. The van der Waals surface area contributed by atoms with Gasteiger partial charge >= 0.3 is 0 Å². The van der Waals surface area contributed by atoms with Crippen LogP contribution in [0.25, 0.3) is 27.7 Å². The van der Waals surface area contributed by atoms with Crippen molar-refractivity contribution < 1.29 is 13.5 Å². The topological polar surface area (TPSA) is 85.4 Å². The van der Waals surface area contributed by atoms with Crippen molar-refractivity contribution in [3.8, 4) is 17.0 Å². The van der Waals surface area contributed by atoms with Gasteiger partial charge in [0.2, 0.25) is 11.8 Å². The summed E-state index contributed by atoms with van der Waals surface area (Å²) in [6, 6.07) is 7.68. The maximum atomic E-state index is 12.9. The molecule has 0 bridgehead atoms. The lowest BCUT2D eigenvalue weighted by molar-refractivity contribution is 0.122. The van der Waals surface area contributed by atoms with E-state index in [1.807, 2.05) is 18.3 Å². The van der Waals surface area contributed by atoms with Crippen LogP contribution in [0.4, 0.5) is 14.7 Å². The number of halogens is 2. The van der Waals surface area contributed by atoms with E-state index in [-0.39, 0.29) is 0 Å².